The van der Waals surface area contributed by atoms with Gasteiger partial charge >= 0.3 is 17.9 Å². The molecule has 0 radical (unpaired) electrons. The van der Waals surface area contributed by atoms with Gasteiger partial charge in [0.1, 0.15) is 13.2 Å². The Morgan fingerprint density at radius 2 is 0.719 bits per heavy atom. The van der Waals surface area contributed by atoms with E-state index in [0.717, 1.165) is 83.5 Å². The summed E-state index contributed by atoms with van der Waals surface area (Å²) in [6.07, 6.45) is 56.1. The molecule has 326 valence electrons. The van der Waals surface area contributed by atoms with Gasteiger partial charge in [-0.25, -0.2) is 0 Å². The van der Waals surface area contributed by atoms with Gasteiger partial charge in [0.25, 0.3) is 0 Å². The highest BCUT2D eigenvalue weighted by molar-refractivity contribution is 5.71. The van der Waals surface area contributed by atoms with Gasteiger partial charge in [0, 0.05) is 19.3 Å². The number of unbranched alkanes of at least 4 members (excludes halogenated alkanes) is 18. The monoisotopic (exact) mass is 795 g/mol. The molecule has 0 aliphatic heterocycles. The molecule has 0 aromatic rings. The molecule has 0 heterocycles. The summed E-state index contributed by atoms with van der Waals surface area (Å²) >= 11 is 0. The minimum atomic E-state index is -0.805. The molecule has 57 heavy (non-hydrogen) atoms. The second-order valence-corrected chi connectivity index (χ2v) is 15.3. The predicted octanol–water partition coefficient (Wildman–Crippen LogP) is 15.1. The van der Waals surface area contributed by atoms with Gasteiger partial charge < -0.3 is 14.2 Å². The predicted molar refractivity (Wildman–Crippen MR) is 242 cm³/mol. The Hall–Kier alpha value is -3.15. The number of allylic oxidation sites excluding steroid dienone is 12. The Balaban J connectivity index is 4.50. The third kappa shape index (κ3) is 43.8. The Bertz CT molecular complexity index is 1100. The van der Waals surface area contributed by atoms with Crippen LogP contribution in [-0.4, -0.2) is 37.2 Å². The van der Waals surface area contributed by atoms with E-state index >= 15 is 0 Å². The van der Waals surface area contributed by atoms with E-state index < -0.39 is 6.10 Å². The van der Waals surface area contributed by atoms with Crippen LogP contribution in [0.15, 0.2) is 72.9 Å². The first-order chi connectivity index (χ1) is 28.0. The molecule has 0 rings (SSSR count). The lowest BCUT2D eigenvalue weighted by Gasteiger charge is -2.18. The number of rotatable bonds is 41. The van der Waals surface area contributed by atoms with E-state index in [4.69, 9.17) is 14.2 Å². The Morgan fingerprint density at radius 1 is 0.368 bits per heavy atom. The maximum absolute atomic E-state index is 12.7. The quantitative estimate of drug-likeness (QED) is 0.0265. The Morgan fingerprint density at radius 3 is 1.21 bits per heavy atom. The molecular weight excluding hydrogens is 709 g/mol. The SMILES string of the molecule is CC/C=C\C/C=C\C/C=C\C/C=C\C/C=C\CCC(=O)OCC(COC(=O)CCCCCCCCCCCCC)OC(=O)CCCCCCC/C=C\CCCCC. The molecule has 0 spiro atoms. The number of hydrogen-bond acceptors (Lipinski definition) is 6. The fraction of sp³-hybridized carbons (Fsp3) is 0.706. The summed E-state index contributed by atoms with van der Waals surface area (Å²) in [6.45, 7) is 6.40. The van der Waals surface area contributed by atoms with Crippen molar-refractivity contribution in [1.29, 1.82) is 0 Å². The molecule has 0 aliphatic carbocycles. The number of hydrogen-bond donors (Lipinski definition) is 0. The van der Waals surface area contributed by atoms with E-state index in [9.17, 15) is 14.4 Å². The molecule has 0 aliphatic rings. The fourth-order valence-corrected chi connectivity index (χ4v) is 6.19. The van der Waals surface area contributed by atoms with E-state index in [1.54, 1.807) is 0 Å². The van der Waals surface area contributed by atoms with Crippen molar-refractivity contribution in [3.63, 3.8) is 0 Å². The van der Waals surface area contributed by atoms with Crippen LogP contribution in [0.4, 0.5) is 0 Å². The van der Waals surface area contributed by atoms with Gasteiger partial charge in [-0.2, -0.15) is 0 Å². The van der Waals surface area contributed by atoms with Crippen molar-refractivity contribution in [2.75, 3.05) is 13.2 Å². The molecule has 0 aromatic carbocycles. The third-order valence-electron chi connectivity index (χ3n) is 9.71. The minimum absolute atomic E-state index is 0.101. The lowest BCUT2D eigenvalue weighted by molar-refractivity contribution is -0.166. The molecule has 1 atom stereocenters. The number of carbonyl (C=O) groups excluding carboxylic acids is 3. The van der Waals surface area contributed by atoms with Crippen molar-refractivity contribution >= 4 is 17.9 Å². The van der Waals surface area contributed by atoms with Crippen molar-refractivity contribution in [3.8, 4) is 0 Å². The number of ether oxygens (including phenoxy) is 3. The summed E-state index contributed by atoms with van der Waals surface area (Å²) in [4.78, 5) is 37.7. The van der Waals surface area contributed by atoms with Crippen LogP contribution in [-0.2, 0) is 28.6 Å². The molecule has 6 heteroatoms. The molecule has 0 amide bonds. The van der Waals surface area contributed by atoms with Gasteiger partial charge in [-0.05, 0) is 77.0 Å². The van der Waals surface area contributed by atoms with Gasteiger partial charge in [-0.15, -0.1) is 0 Å². The Labute approximate surface area is 351 Å². The van der Waals surface area contributed by atoms with Crippen LogP contribution in [0.2, 0.25) is 0 Å². The summed E-state index contributed by atoms with van der Waals surface area (Å²) in [5.74, 6) is -1.00. The summed E-state index contributed by atoms with van der Waals surface area (Å²) in [6, 6.07) is 0. The summed E-state index contributed by atoms with van der Waals surface area (Å²) in [5, 5.41) is 0. The molecular formula is C51H86O6. The summed E-state index contributed by atoms with van der Waals surface area (Å²) in [5.41, 5.74) is 0. The maximum Gasteiger partial charge on any atom is 0.306 e. The fourth-order valence-electron chi connectivity index (χ4n) is 6.19. The van der Waals surface area contributed by atoms with Crippen molar-refractivity contribution in [1.82, 2.24) is 0 Å². The van der Waals surface area contributed by atoms with Crippen molar-refractivity contribution < 1.29 is 28.6 Å². The number of esters is 3. The van der Waals surface area contributed by atoms with E-state index in [0.29, 0.717) is 19.3 Å². The van der Waals surface area contributed by atoms with Crippen LogP contribution < -0.4 is 0 Å². The molecule has 0 saturated carbocycles. The van der Waals surface area contributed by atoms with Crippen LogP contribution in [0.25, 0.3) is 0 Å². The second-order valence-electron chi connectivity index (χ2n) is 15.3. The molecule has 0 saturated heterocycles. The van der Waals surface area contributed by atoms with Gasteiger partial charge in [0.05, 0.1) is 0 Å². The average molecular weight is 795 g/mol. The minimum Gasteiger partial charge on any atom is -0.462 e. The van der Waals surface area contributed by atoms with E-state index in [1.807, 2.05) is 12.2 Å². The zero-order valence-corrected chi connectivity index (χ0v) is 37.1. The van der Waals surface area contributed by atoms with Crippen LogP contribution in [0.3, 0.4) is 0 Å². The lowest BCUT2D eigenvalue weighted by atomic mass is 10.1. The first-order valence-electron chi connectivity index (χ1n) is 23.4. The molecule has 0 N–H and O–H groups in total. The Kier molecular flexibility index (Phi) is 43.0. The lowest BCUT2D eigenvalue weighted by Crippen LogP contribution is -2.30. The highest BCUT2D eigenvalue weighted by Gasteiger charge is 2.19. The zero-order valence-electron chi connectivity index (χ0n) is 37.1. The standard InChI is InChI=1S/C51H86O6/c1-4-7-10-13-16-19-22-24-25-26-27-30-32-35-38-41-44-50(53)56-47-48(46-55-49(52)43-40-37-34-31-28-21-18-15-12-9-6-3)57-51(54)45-42-39-36-33-29-23-20-17-14-11-8-5-2/h7,10,16-17,19-20,24-25,27,30,35,38,48H,4-6,8-9,11-15,18,21-23,26,28-29,31-34,36-37,39-47H2,1-3H3/b10-7-,19-16-,20-17-,25-24-,30-27-,38-35-. The van der Waals surface area contributed by atoms with Crippen molar-refractivity contribution in [3.05, 3.63) is 72.9 Å². The van der Waals surface area contributed by atoms with Crippen LogP contribution in [0.5, 0.6) is 0 Å². The summed E-state index contributed by atoms with van der Waals surface area (Å²) < 4.78 is 16.6. The van der Waals surface area contributed by atoms with Gasteiger partial charge in [0.2, 0.25) is 0 Å². The average Bonchev–Trinajstić information content (AvgIpc) is 3.21. The highest BCUT2D eigenvalue weighted by Crippen LogP contribution is 2.13. The number of carbonyl (C=O) groups is 3. The van der Waals surface area contributed by atoms with E-state index in [-0.39, 0.29) is 37.5 Å². The van der Waals surface area contributed by atoms with Crippen LogP contribution in [0.1, 0.15) is 213 Å². The van der Waals surface area contributed by atoms with E-state index in [1.165, 1.54) is 83.5 Å². The van der Waals surface area contributed by atoms with Crippen LogP contribution in [0, 0.1) is 0 Å². The van der Waals surface area contributed by atoms with Gasteiger partial charge in [0.15, 0.2) is 6.10 Å². The van der Waals surface area contributed by atoms with Crippen molar-refractivity contribution in [2.24, 2.45) is 0 Å². The highest BCUT2D eigenvalue weighted by atomic mass is 16.6. The maximum atomic E-state index is 12.7. The molecule has 0 fully saturated rings. The zero-order chi connectivity index (χ0) is 41.5. The first kappa shape index (κ1) is 53.9. The first-order valence-corrected chi connectivity index (χ1v) is 23.4. The summed E-state index contributed by atoms with van der Waals surface area (Å²) in [7, 11) is 0. The smallest absolute Gasteiger partial charge is 0.306 e. The van der Waals surface area contributed by atoms with Crippen LogP contribution >= 0.6 is 0 Å². The van der Waals surface area contributed by atoms with Crippen molar-refractivity contribution in [2.45, 2.75) is 219 Å². The topological polar surface area (TPSA) is 78.9 Å². The second kappa shape index (κ2) is 45.6. The molecule has 6 nitrogen and oxygen atoms in total. The van der Waals surface area contributed by atoms with Gasteiger partial charge in [-0.3, -0.25) is 14.4 Å². The van der Waals surface area contributed by atoms with Gasteiger partial charge in [-0.1, -0.05) is 190 Å². The largest absolute Gasteiger partial charge is 0.462 e. The molecule has 0 aromatic heterocycles. The molecule has 0 bridgehead atoms. The third-order valence-corrected chi connectivity index (χ3v) is 9.71. The molecule has 1 unspecified atom stereocenters. The normalized spacial score (nSPS) is 12.7. The van der Waals surface area contributed by atoms with E-state index in [2.05, 4.69) is 81.5 Å².